The molecule has 2 aliphatic carbocycles. The molecule has 4 atom stereocenters. The number of nitrogens with zero attached hydrogens (tertiary/aromatic N) is 1. The maximum absolute atomic E-state index is 12.1. The Labute approximate surface area is 130 Å². The Morgan fingerprint density at radius 3 is 2.95 bits per heavy atom. The SMILES string of the molecule is CC(NC(=O)CSc1ccc(N)cn1)C1CC2CCC1C2. The highest BCUT2D eigenvalue weighted by molar-refractivity contribution is 7.99. The first-order valence-electron chi connectivity index (χ1n) is 7.75. The van der Waals surface area contributed by atoms with Gasteiger partial charge < -0.3 is 11.1 Å². The lowest BCUT2D eigenvalue weighted by molar-refractivity contribution is -0.119. The van der Waals surface area contributed by atoms with Crippen molar-refractivity contribution >= 4 is 23.4 Å². The van der Waals surface area contributed by atoms with Gasteiger partial charge in [0.05, 0.1) is 22.7 Å². The van der Waals surface area contributed by atoms with Gasteiger partial charge in [-0.3, -0.25) is 4.79 Å². The number of hydrogen-bond acceptors (Lipinski definition) is 4. The van der Waals surface area contributed by atoms with Gasteiger partial charge in [0.2, 0.25) is 5.91 Å². The van der Waals surface area contributed by atoms with E-state index < -0.39 is 0 Å². The maximum Gasteiger partial charge on any atom is 0.230 e. The van der Waals surface area contributed by atoms with Crippen LogP contribution in [0.4, 0.5) is 5.69 Å². The number of carbonyl (C=O) groups excluding carboxylic acids is 1. The number of pyridine rings is 1. The van der Waals surface area contributed by atoms with Crippen molar-refractivity contribution < 1.29 is 4.79 Å². The highest BCUT2D eigenvalue weighted by Gasteiger charge is 2.42. The van der Waals surface area contributed by atoms with Crippen molar-refractivity contribution in [3.63, 3.8) is 0 Å². The van der Waals surface area contributed by atoms with E-state index in [0.717, 1.165) is 16.9 Å². The quantitative estimate of drug-likeness (QED) is 0.821. The molecule has 1 heterocycles. The van der Waals surface area contributed by atoms with Gasteiger partial charge in [-0.05, 0) is 56.1 Å². The first-order valence-corrected chi connectivity index (χ1v) is 8.74. The Bertz CT molecular complexity index is 505. The number of thioether (sulfide) groups is 1. The maximum atomic E-state index is 12.1. The van der Waals surface area contributed by atoms with Crippen LogP contribution in [0.2, 0.25) is 0 Å². The summed E-state index contributed by atoms with van der Waals surface area (Å²) < 4.78 is 0. The normalized spacial score (nSPS) is 28.5. The van der Waals surface area contributed by atoms with E-state index in [1.165, 1.54) is 37.4 Å². The molecule has 4 nitrogen and oxygen atoms in total. The zero-order valence-corrected chi connectivity index (χ0v) is 13.2. The smallest absolute Gasteiger partial charge is 0.230 e. The van der Waals surface area contributed by atoms with Crippen LogP contribution in [0.3, 0.4) is 0 Å². The zero-order valence-electron chi connectivity index (χ0n) is 12.4. The van der Waals surface area contributed by atoms with Crippen LogP contribution in [-0.4, -0.2) is 22.7 Å². The average Bonchev–Trinajstić information content (AvgIpc) is 3.09. The van der Waals surface area contributed by atoms with Crippen molar-refractivity contribution in [3.05, 3.63) is 18.3 Å². The lowest BCUT2D eigenvalue weighted by atomic mass is 9.84. The molecule has 0 saturated heterocycles. The summed E-state index contributed by atoms with van der Waals surface area (Å²) in [4.78, 5) is 16.3. The monoisotopic (exact) mass is 305 g/mol. The molecule has 3 N–H and O–H groups in total. The number of rotatable bonds is 5. The number of nitrogens with two attached hydrogens (primary N) is 1. The van der Waals surface area contributed by atoms with Crippen molar-refractivity contribution in [2.24, 2.45) is 17.8 Å². The van der Waals surface area contributed by atoms with Crippen LogP contribution in [0.25, 0.3) is 0 Å². The Morgan fingerprint density at radius 2 is 2.33 bits per heavy atom. The van der Waals surface area contributed by atoms with E-state index in [4.69, 9.17) is 5.73 Å². The second-order valence-corrected chi connectivity index (χ2v) is 7.41. The minimum atomic E-state index is 0.105. The first kappa shape index (κ1) is 14.7. The molecule has 2 saturated carbocycles. The van der Waals surface area contributed by atoms with Crippen molar-refractivity contribution in [2.45, 2.75) is 43.7 Å². The molecular weight excluding hydrogens is 282 g/mol. The molecule has 0 spiro atoms. The van der Waals surface area contributed by atoms with Gasteiger partial charge in [0.25, 0.3) is 0 Å². The van der Waals surface area contributed by atoms with Crippen LogP contribution < -0.4 is 11.1 Å². The zero-order chi connectivity index (χ0) is 14.8. The van der Waals surface area contributed by atoms with E-state index >= 15 is 0 Å². The number of fused-ring (bicyclic) bond motifs is 2. The molecule has 114 valence electrons. The van der Waals surface area contributed by atoms with Crippen molar-refractivity contribution in [2.75, 3.05) is 11.5 Å². The van der Waals surface area contributed by atoms with Gasteiger partial charge in [0, 0.05) is 6.04 Å². The van der Waals surface area contributed by atoms with E-state index in [1.54, 1.807) is 6.20 Å². The molecule has 2 fully saturated rings. The third-order valence-corrected chi connectivity index (χ3v) is 5.88. The summed E-state index contributed by atoms with van der Waals surface area (Å²) in [6, 6.07) is 3.96. The fourth-order valence-corrected chi connectivity index (χ4v) is 4.58. The molecule has 1 aromatic heterocycles. The summed E-state index contributed by atoms with van der Waals surface area (Å²) in [5.74, 6) is 2.98. The highest BCUT2D eigenvalue weighted by atomic mass is 32.2. The minimum Gasteiger partial charge on any atom is -0.397 e. The highest BCUT2D eigenvalue weighted by Crippen LogP contribution is 2.49. The molecule has 4 unspecified atom stereocenters. The van der Waals surface area contributed by atoms with Crippen LogP contribution in [0.5, 0.6) is 0 Å². The van der Waals surface area contributed by atoms with Crippen LogP contribution in [0.15, 0.2) is 23.4 Å². The average molecular weight is 305 g/mol. The number of carbonyl (C=O) groups is 1. The molecule has 0 aromatic carbocycles. The van der Waals surface area contributed by atoms with Crippen LogP contribution in [0.1, 0.15) is 32.6 Å². The number of anilines is 1. The topological polar surface area (TPSA) is 68.0 Å². The summed E-state index contributed by atoms with van der Waals surface area (Å²) >= 11 is 1.46. The molecule has 0 aliphatic heterocycles. The van der Waals surface area contributed by atoms with Gasteiger partial charge >= 0.3 is 0 Å². The largest absolute Gasteiger partial charge is 0.397 e. The van der Waals surface area contributed by atoms with Crippen LogP contribution >= 0.6 is 11.8 Å². The molecule has 5 heteroatoms. The van der Waals surface area contributed by atoms with Gasteiger partial charge in [0.1, 0.15) is 0 Å². The molecule has 1 amide bonds. The summed E-state index contributed by atoms with van der Waals surface area (Å²) in [6.45, 7) is 2.16. The summed E-state index contributed by atoms with van der Waals surface area (Å²) in [5.41, 5.74) is 6.24. The van der Waals surface area contributed by atoms with E-state index in [9.17, 15) is 4.79 Å². The molecule has 3 rings (SSSR count). The second-order valence-electron chi connectivity index (χ2n) is 6.41. The first-order chi connectivity index (χ1) is 10.1. The van der Waals surface area contributed by atoms with E-state index in [-0.39, 0.29) is 5.91 Å². The lowest BCUT2D eigenvalue weighted by Gasteiger charge is -2.28. The Kier molecular flexibility index (Phi) is 4.38. The van der Waals surface area contributed by atoms with Gasteiger partial charge in [-0.2, -0.15) is 0 Å². The second kappa shape index (κ2) is 6.26. The lowest BCUT2D eigenvalue weighted by Crippen LogP contribution is -2.40. The van der Waals surface area contributed by atoms with Crippen molar-refractivity contribution in [1.29, 1.82) is 0 Å². The summed E-state index contributed by atoms with van der Waals surface area (Å²) in [7, 11) is 0. The third-order valence-electron chi connectivity index (χ3n) is 4.93. The molecule has 0 radical (unpaired) electrons. The minimum absolute atomic E-state index is 0.105. The van der Waals surface area contributed by atoms with E-state index in [2.05, 4.69) is 17.2 Å². The number of nitrogens with one attached hydrogen (secondary N) is 1. The number of nitrogen functional groups attached to an aromatic ring is 1. The molecule has 2 bridgehead atoms. The number of aromatic nitrogens is 1. The third kappa shape index (κ3) is 3.51. The molecular formula is C16H23N3OS. The summed E-state index contributed by atoms with van der Waals surface area (Å²) in [6.07, 6.45) is 7.08. The van der Waals surface area contributed by atoms with Crippen molar-refractivity contribution in [3.8, 4) is 0 Å². The van der Waals surface area contributed by atoms with Crippen LogP contribution in [-0.2, 0) is 4.79 Å². The van der Waals surface area contributed by atoms with Gasteiger partial charge in [-0.15, -0.1) is 0 Å². The fourth-order valence-electron chi connectivity index (χ4n) is 3.93. The van der Waals surface area contributed by atoms with Gasteiger partial charge in [-0.1, -0.05) is 18.2 Å². The number of amides is 1. The van der Waals surface area contributed by atoms with E-state index in [0.29, 0.717) is 23.4 Å². The molecule has 2 aliphatic rings. The Balaban J connectivity index is 1.44. The van der Waals surface area contributed by atoms with Crippen LogP contribution in [0, 0.1) is 17.8 Å². The molecule has 1 aromatic rings. The fraction of sp³-hybridized carbons (Fsp3) is 0.625. The molecule has 21 heavy (non-hydrogen) atoms. The van der Waals surface area contributed by atoms with E-state index in [1.807, 2.05) is 12.1 Å². The Hall–Kier alpha value is -1.23. The van der Waals surface area contributed by atoms with Gasteiger partial charge in [0.15, 0.2) is 0 Å². The summed E-state index contributed by atoms with van der Waals surface area (Å²) in [5, 5.41) is 4.02. The van der Waals surface area contributed by atoms with Crippen molar-refractivity contribution in [1.82, 2.24) is 10.3 Å². The number of hydrogen-bond donors (Lipinski definition) is 2. The van der Waals surface area contributed by atoms with Gasteiger partial charge in [-0.25, -0.2) is 4.98 Å². The predicted molar refractivity (Wildman–Crippen MR) is 85.9 cm³/mol. The standard InChI is InChI=1S/C16H23N3OS/c1-10(14-7-11-2-3-12(14)6-11)19-15(20)9-21-16-5-4-13(17)8-18-16/h4-5,8,10-12,14H,2-3,6-7,9,17H2,1H3,(H,19,20). The Morgan fingerprint density at radius 1 is 1.48 bits per heavy atom. The predicted octanol–water partition coefficient (Wildman–Crippen LogP) is 2.70.